The molecular formula is C4H7F3O3P+. The van der Waals surface area contributed by atoms with Gasteiger partial charge in [0.1, 0.15) is 0 Å². The van der Waals surface area contributed by atoms with E-state index in [1.165, 1.54) is 0 Å². The maximum atomic E-state index is 11.8. The van der Waals surface area contributed by atoms with Crippen LogP contribution < -0.4 is 0 Å². The van der Waals surface area contributed by atoms with Gasteiger partial charge in [0.05, 0.1) is 0 Å². The summed E-state index contributed by atoms with van der Waals surface area (Å²) in [6, 6.07) is 0. The molecule has 0 saturated heterocycles. The largest absolute Gasteiger partial charge is 0.695 e. The second kappa shape index (κ2) is 3.05. The highest BCUT2D eigenvalue weighted by molar-refractivity contribution is 7.32. The third kappa shape index (κ3) is 3.14. The van der Waals surface area contributed by atoms with Crippen molar-refractivity contribution in [2.45, 2.75) is 25.6 Å². The lowest BCUT2D eigenvalue weighted by molar-refractivity contribution is -0.234. The molecule has 0 amide bonds. The molecule has 66 valence electrons. The molecule has 0 aromatic rings. The summed E-state index contributed by atoms with van der Waals surface area (Å²) in [4.78, 5) is 8.04. The van der Waals surface area contributed by atoms with Gasteiger partial charge in [0, 0.05) is 4.57 Å². The van der Waals surface area contributed by atoms with E-state index in [9.17, 15) is 17.7 Å². The molecule has 7 heteroatoms. The minimum Gasteiger partial charge on any atom is -0.168 e. The number of halogens is 3. The standard InChI is InChI=1S/C4H6F3O3P/c1-3(2,4(5,6)7)10-11(8)9/h1-2H3/p+1. The van der Waals surface area contributed by atoms with Crippen LogP contribution in [0.4, 0.5) is 13.2 Å². The maximum Gasteiger partial charge on any atom is 0.695 e. The highest BCUT2D eigenvalue weighted by atomic mass is 31.1. The van der Waals surface area contributed by atoms with Gasteiger partial charge < -0.3 is 0 Å². The molecule has 0 fully saturated rings. The van der Waals surface area contributed by atoms with Crippen LogP contribution in [-0.2, 0) is 9.09 Å². The first-order valence-electron chi connectivity index (χ1n) is 2.59. The van der Waals surface area contributed by atoms with Crippen LogP contribution in [0.1, 0.15) is 13.8 Å². The van der Waals surface area contributed by atoms with Crippen molar-refractivity contribution in [2.75, 3.05) is 0 Å². The van der Waals surface area contributed by atoms with E-state index < -0.39 is 20.0 Å². The van der Waals surface area contributed by atoms with E-state index in [1.54, 1.807) is 0 Å². The van der Waals surface area contributed by atoms with Gasteiger partial charge in [0.15, 0.2) is 0 Å². The number of hydrogen-bond donors (Lipinski definition) is 1. The molecular weight excluding hydrogens is 184 g/mol. The van der Waals surface area contributed by atoms with E-state index in [0.717, 1.165) is 0 Å². The van der Waals surface area contributed by atoms with Crippen LogP contribution in [-0.4, -0.2) is 16.7 Å². The fourth-order valence-corrected chi connectivity index (χ4v) is 0.741. The SMILES string of the molecule is CC(C)(O[P+](=O)O)C(F)(F)F. The smallest absolute Gasteiger partial charge is 0.168 e. The van der Waals surface area contributed by atoms with Crippen LogP contribution in [0.5, 0.6) is 0 Å². The number of alkyl halides is 3. The van der Waals surface area contributed by atoms with E-state index >= 15 is 0 Å². The lowest BCUT2D eigenvalue weighted by Crippen LogP contribution is -2.40. The first-order chi connectivity index (χ1) is 4.67. The summed E-state index contributed by atoms with van der Waals surface area (Å²) < 4.78 is 49.1. The lowest BCUT2D eigenvalue weighted by Gasteiger charge is -2.19. The average molecular weight is 191 g/mol. The quantitative estimate of drug-likeness (QED) is 0.679. The van der Waals surface area contributed by atoms with Crippen LogP contribution in [0.3, 0.4) is 0 Å². The van der Waals surface area contributed by atoms with Crippen molar-refractivity contribution in [3.8, 4) is 0 Å². The first-order valence-corrected chi connectivity index (χ1v) is 3.72. The molecule has 1 atom stereocenters. The summed E-state index contributed by atoms with van der Waals surface area (Å²) in [7, 11) is -3.22. The van der Waals surface area contributed by atoms with Crippen molar-refractivity contribution in [3.05, 3.63) is 0 Å². The second-order valence-electron chi connectivity index (χ2n) is 2.34. The zero-order valence-corrected chi connectivity index (χ0v) is 6.74. The van der Waals surface area contributed by atoms with E-state index in [-0.39, 0.29) is 0 Å². The van der Waals surface area contributed by atoms with E-state index in [4.69, 9.17) is 4.89 Å². The zero-order chi connectivity index (χ0) is 9.28. The molecule has 0 radical (unpaired) electrons. The summed E-state index contributed by atoms with van der Waals surface area (Å²) >= 11 is 0. The molecule has 0 saturated carbocycles. The van der Waals surface area contributed by atoms with E-state index in [2.05, 4.69) is 4.52 Å². The van der Waals surface area contributed by atoms with Crippen LogP contribution >= 0.6 is 8.25 Å². The molecule has 0 aromatic heterocycles. The van der Waals surface area contributed by atoms with Gasteiger partial charge in [-0.25, -0.2) is 0 Å². The van der Waals surface area contributed by atoms with Gasteiger partial charge in [-0.05, 0) is 13.8 Å². The molecule has 3 nitrogen and oxygen atoms in total. The third-order valence-corrected chi connectivity index (χ3v) is 1.60. The summed E-state index contributed by atoms with van der Waals surface area (Å²) in [5.41, 5.74) is -2.57. The topological polar surface area (TPSA) is 46.5 Å². The summed E-state index contributed by atoms with van der Waals surface area (Å²) in [6.07, 6.45) is -4.64. The Morgan fingerprint density at radius 2 is 1.73 bits per heavy atom. The predicted octanol–water partition coefficient (Wildman–Crippen LogP) is 1.99. The molecule has 0 rings (SSSR count). The fourth-order valence-electron chi connectivity index (χ4n) is 0.247. The minimum atomic E-state index is -4.64. The molecule has 0 spiro atoms. The van der Waals surface area contributed by atoms with Crippen molar-refractivity contribution in [1.82, 2.24) is 0 Å². The number of rotatable bonds is 2. The van der Waals surface area contributed by atoms with Gasteiger partial charge in [0.2, 0.25) is 5.60 Å². The highest BCUT2D eigenvalue weighted by Crippen LogP contribution is 2.38. The third-order valence-electron chi connectivity index (χ3n) is 0.989. The Morgan fingerprint density at radius 3 is 1.82 bits per heavy atom. The first kappa shape index (κ1) is 10.8. The normalized spacial score (nSPS) is 14.9. The van der Waals surface area contributed by atoms with Crippen LogP contribution in [0, 0.1) is 0 Å². The van der Waals surface area contributed by atoms with Gasteiger partial charge in [0.25, 0.3) is 0 Å². The van der Waals surface area contributed by atoms with Crippen LogP contribution in [0.2, 0.25) is 0 Å². The Kier molecular flexibility index (Phi) is 2.99. The predicted molar refractivity (Wildman–Crippen MR) is 31.0 cm³/mol. The van der Waals surface area contributed by atoms with Crippen LogP contribution in [0.15, 0.2) is 0 Å². The Labute approximate surface area is 62.1 Å². The molecule has 0 aliphatic carbocycles. The minimum absolute atomic E-state index is 0.677. The van der Waals surface area contributed by atoms with Gasteiger partial charge in [-0.15, -0.1) is 9.42 Å². The Bertz CT molecular complexity index is 164. The van der Waals surface area contributed by atoms with Crippen molar-refractivity contribution >= 4 is 8.25 Å². The summed E-state index contributed by atoms with van der Waals surface area (Å²) in [6.45, 7) is 1.35. The molecule has 1 N–H and O–H groups in total. The number of hydrogen-bond acceptors (Lipinski definition) is 2. The second-order valence-corrected chi connectivity index (χ2v) is 3.00. The van der Waals surface area contributed by atoms with Crippen LogP contribution in [0.25, 0.3) is 0 Å². The zero-order valence-electron chi connectivity index (χ0n) is 5.84. The highest BCUT2D eigenvalue weighted by Gasteiger charge is 2.54. The molecule has 11 heavy (non-hydrogen) atoms. The Balaban J connectivity index is 4.34. The van der Waals surface area contributed by atoms with Crippen molar-refractivity contribution < 1.29 is 27.2 Å². The van der Waals surface area contributed by atoms with Gasteiger partial charge >= 0.3 is 14.4 Å². The summed E-state index contributed by atoms with van der Waals surface area (Å²) in [5.74, 6) is 0. The van der Waals surface area contributed by atoms with E-state index in [1.807, 2.05) is 0 Å². The Hall–Kier alpha value is -0.190. The monoisotopic (exact) mass is 191 g/mol. The molecule has 0 aliphatic heterocycles. The average Bonchev–Trinajstić information content (AvgIpc) is 1.56. The van der Waals surface area contributed by atoms with Crippen molar-refractivity contribution in [3.63, 3.8) is 0 Å². The molecule has 0 heterocycles. The van der Waals surface area contributed by atoms with Crippen molar-refractivity contribution in [1.29, 1.82) is 0 Å². The summed E-state index contributed by atoms with van der Waals surface area (Å²) in [5, 5.41) is 0. The maximum absolute atomic E-state index is 11.8. The Morgan fingerprint density at radius 1 is 1.36 bits per heavy atom. The molecule has 0 aliphatic rings. The molecule has 0 aromatic carbocycles. The lowest BCUT2D eigenvalue weighted by atomic mass is 10.1. The fraction of sp³-hybridized carbons (Fsp3) is 1.00. The molecule has 1 unspecified atom stereocenters. The van der Waals surface area contributed by atoms with Gasteiger partial charge in [-0.1, -0.05) is 0 Å². The van der Waals surface area contributed by atoms with Crippen molar-refractivity contribution in [2.24, 2.45) is 0 Å². The van der Waals surface area contributed by atoms with E-state index in [0.29, 0.717) is 13.8 Å². The van der Waals surface area contributed by atoms with Gasteiger partial charge in [-0.2, -0.15) is 13.2 Å². The van der Waals surface area contributed by atoms with Gasteiger partial charge in [-0.3, -0.25) is 0 Å². The molecule has 0 bridgehead atoms.